The van der Waals surface area contributed by atoms with Crippen LogP contribution in [0.5, 0.6) is 0 Å². The third kappa shape index (κ3) is 4.48. The molecule has 1 amide bonds. The summed E-state index contributed by atoms with van der Waals surface area (Å²) in [4.78, 5) is 26.0. The van der Waals surface area contributed by atoms with Crippen LogP contribution in [0.4, 0.5) is 5.82 Å². The third-order valence-electron chi connectivity index (χ3n) is 5.10. The maximum atomic E-state index is 12.5. The SMILES string of the molecule is Cc1oc(-c2ccco2)nc1CC(=O)NCc1cccnc1N1CCN(C)CC1. The van der Waals surface area contributed by atoms with Gasteiger partial charge in [0, 0.05) is 44.5 Å². The number of nitrogens with one attached hydrogen (secondary N) is 1. The predicted molar refractivity (Wildman–Crippen MR) is 108 cm³/mol. The summed E-state index contributed by atoms with van der Waals surface area (Å²) < 4.78 is 10.9. The van der Waals surface area contributed by atoms with Crippen molar-refractivity contribution in [3.05, 3.63) is 53.7 Å². The molecule has 0 aliphatic carbocycles. The summed E-state index contributed by atoms with van der Waals surface area (Å²) >= 11 is 0. The number of hydrogen-bond donors (Lipinski definition) is 1. The third-order valence-corrected chi connectivity index (χ3v) is 5.10. The average molecular weight is 395 g/mol. The highest BCUT2D eigenvalue weighted by atomic mass is 16.4. The van der Waals surface area contributed by atoms with Gasteiger partial charge >= 0.3 is 0 Å². The van der Waals surface area contributed by atoms with Crippen molar-refractivity contribution in [3.8, 4) is 11.7 Å². The average Bonchev–Trinajstić information content (AvgIpc) is 3.38. The zero-order chi connectivity index (χ0) is 20.2. The van der Waals surface area contributed by atoms with Crippen LogP contribution in [-0.4, -0.2) is 54.0 Å². The molecule has 0 atom stereocenters. The Bertz CT molecular complexity index is 959. The van der Waals surface area contributed by atoms with Crippen molar-refractivity contribution in [1.82, 2.24) is 20.2 Å². The number of anilines is 1. The van der Waals surface area contributed by atoms with Gasteiger partial charge in [0.25, 0.3) is 5.89 Å². The number of hydrogen-bond acceptors (Lipinski definition) is 7. The standard InChI is InChI=1S/C21H25N5O3/c1-15-17(24-21(29-15)18-6-4-12-28-18)13-19(27)23-14-16-5-3-7-22-20(16)26-10-8-25(2)9-11-26/h3-7,12H,8-11,13-14H2,1-2H3,(H,23,27). The molecule has 1 aliphatic heterocycles. The molecule has 3 aromatic rings. The van der Waals surface area contributed by atoms with Gasteiger partial charge in [-0.25, -0.2) is 9.97 Å². The Morgan fingerprint density at radius 2 is 2.03 bits per heavy atom. The molecular weight excluding hydrogens is 370 g/mol. The van der Waals surface area contributed by atoms with E-state index in [4.69, 9.17) is 8.83 Å². The lowest BCUT2D eigenvalue weighted by Gasteiger charge is -2.34. The number of aryl methyl sites for hydroxylation is 1. The van der Waals surface area contributed by atoms with Crippen LogP contribution in [0.1, 0.15) is 17.0 Å². The first kappa shape index (κ1) is 19.2. The van der Waals surface area contributed by atoms with E-state index in [1.807, 2.05) is 12.1 Å². The largest absolute Gasteiger partial charge is 0.459 e. The van der Waals surface area contributed by atoms with Gasteiger partial charge in [0.15, 0.2) is 5.76 Å². The highest BCUT2D eigenvalue weighted by Gasteiger charge is 2.19. The van der Waals surface area contributed by atoms with Gasteiger partial charge < -0.3 is 24.0 Å². The van der Waals surface area contributed by atoms with Crippen molar-refractivity contribution < 1.29 is 13.6 Å². The van der Waals surface area contributed by atoms with Gasteiger partial charge in [-0.1, -0.05) is 6.07 Å². The van der Waals surface area contributed by atoms with Crippen molar-refractivity contribution in [1.29, 1.82) is 0 Å². The minimum Gasteiger partial charge on any atom is -0.459 e. The molecular formula is C21H25N5O3. The lowest BCUT2D eigenvalue weighted by atomic mass is 10.2. The number of amides is 1. The van der Waals surface area contributed by atoms with Crippen LogP contribution in [0, 0.1) is 6.92 Å². The van der Waals surface area contributed by atoms with E-state index in [1.165, 1.54) is 0 Å². The van der Waals surface area contributed by atoms with Crippen molar-refractivity contribution in [3.63, 3.8) is 0 Å². The van der Waals surface area contributed by atoms with Gasteiger partial charge in [0.2, 0.25) is 5.91 Å². The molecule has 0 radical (unpaired) electrons. The van der Waals surface area contributed by atoms with E-state index < -0.39 is 0 Å². The van der Waals surface area contributed by atoms with E-state index in [9.17, 15) is 4.79 Å². The number of oxazole rings is 1. The summed E-state index contributed by atoms with van der Waals surface area (Å²) in [6.07, 6.45) is 3.52. The number of likely N-dealkylation sites (N-methyl/N-ethyl adjacent to an activating group) is 1. The second-order valence-corrected chi connectivity index (χ2v) is 7.23. The van der Waals surface area contributed by atoms with E-state index >= 15 is 0 Å². The summed E-state index contributed by atoms with van der Waals surface area (Å²) in [5.74, 6) is 2.39. The molecule has 1 saturated heterocycles. The van der Waals surface area contributed by atoms with Crippen molar-refractivity contribution >= 4 is 11.7 Å². The summed E-state index contributed by atoms with van der Waals surface area (Å²) in [6, 6.07) is 7.46. The Kier molecular flexibility index (Phi) is 5.62. The summed E-state index contributed by atoms with van der Waals surface area (Å²) in [6.45, 7) is 6.10. The lowest BCUT2D eigenvalue weighted by molar-refractivity contribution is -0.120. The monoisotopic (exact) mass is 395 g/mol. The molecule has 152 valence electrons. The van der Waals surface area contributed by atoms with Crippen molar-refractivity contribution in [2.45, 2.75) is 19.9 Å². The van der Waals surface area contributed by atoms with E-state index in [1.54, 1.807) is 31.5 Å². The summed E-state index contributed by atoms with van der Waals surface area (Å²) in [5.41, 5.74) is 1.62. The number of aromatic nitrogens is 2. The number of piperazine rings is 1. The first-order valence-corrected chi connectivity index (χ1v) is 9.74. The number of pyridine rings is 1. The Morgan fingerprint density at radius 3 is 2.79 bits per heavy atom. The fourth-order valence-electron chi connectivity index (χ4n) is 3.38. The van der Waals surface area contributed by atoms with Gasteiger partial charge in [-0.05, 0) is 32.2 Å². The normalized spacial score (nSPS) is 14.9. The number of carbonyl (C=O) groups excluding carboxylic acids is 1. The summed E-state index contributed by atoms with van der Waals surface area (Å²) in [7, 11) is 2.13. The molecule has 29 heavy (non-hydrogen) atoms. The number of carbonyl (C=O) groups is 1. The Labute approximate surface area is 169 Å². The van der Waals surface area contributed by atoms with Gasteiger partial charge in [-0.3, -0.25) is 4.79 Å². The zero-order valence-corrected chi connectivity index (χ0v) is 16.7. The van der Waals surface area contributed by atoms with Crippen LogP contribution in [0.25, 0.3) is 11.7 Å². The number of furan rings is 1. The van der Waals surface area contributed by atoms with E-state index in [0.29, 0.717) is 29.6 Å². The van der Waals surface area contributed by atoms with Crippen LogP contribution in [0.15, 0.2) is 45.6 Å². The van der Waals surface area contributed by atoms with Gasteiger partial charge in [0.05, 0.1) is 18.4 Å². The Morgan fingerprint density at radius 1 is 1.21 bits per heavy atom. The molecule has 0 unspecified atom stereocenters. The molecule has 0 aromatic carbocycles. The van der Waals surface area contributed by atoms with Crippen LogP contribution in [0.3, 0.4) is 0 Å². The van der Waals surface area contributed by atoms with Crippen LogP contribution >= 0.6 is 0 Å². The second-order valence-electron chi connectivity index (χ2n) is 7.23. The smallest absolute Gasteiger partial charge is 0.263 e. The highest BCUT2D eigenvalue weighted by Crippen LogP contribution is 2.22. The van der Waals surface area contributed by atoms with Crippen LogP contribution in [0.2, 0.25) is 0 Å². The zero-order valence-electron chi connectivity index (χ0n) is 16.7. The van der Waals surface area contributed by atoms with Gasteiger partial charge in [-0.2, -0.15) is 0 Å². The quantitative estimate of drug-likeness (QED) is 0.685. The van der Waals surface area contributed by atoms with Crippen molar-refractivity contribution in [2.24, 2.45) is 0 Å². The predicted octanol–water partition coefficient (Wildman–Crippen LogP) is 2.25. The molecule has 8 nitrogen and oxygen atoms in total. The molecule has 1 aliphatic rings. The first-order valence-electron chi connectivity index (χ1n) is 9.74. The van der Waals surface area contributed by atoms with E-state index in [-0.39, 0.29) is 12.3 Å². The minimum absolute atomic E-state index is 0.111. The van der Waals surface area contributed by atoms with E-state index in [2.05, 4.69) is 32.1 Å². The van der Waals surface area contributed by atoms with Gasteiger partial charge in [-0.15, -0.1) is 0 Å². The molecule has 1 N–H and O–H groups in total. The fourth-order valence-corrected chi connectivity index (χ4v) is 3.38. The van der Waals surface area contributed by atoms with Crippen LogP contribution < -0.4 is 10.2 Å². The molecule has 0 spiro atoms. The molecule has 4 heterocycles. The molecule has 1 fully saturated rings. The molecule has 3 aromatic heterocycles. The molecule has 8 heteroatoms. The minimum atomic E-state index is -0.111. The Balaban J connectivity index is 1.38. The Hall–Kier alpha value is -3.13. The maximum absolute atomic E-state index is 12.5. The number of nitrogens with zero attached hydrogens (tertiary/aromatic N) is 4. The molecule has 0 saturated carbocycles. The van der Waals surface area contributed by atoms with E-state index in [0.717, 1.165) is 37.6 Å². The highest BCUT2D eigenvalue weighted by molar-refractivity contribution is 5.78. The molecule has 4 rings (SSSR count). The van der Waals surface area contributed by atoms with Crippen LogP contribution in [-0.2, 0) is 17.8 Å². The topological polar surface area (TPSA) is 87.6 Å². The molecule has 0 bridgehead atoms. The van der Waals surface area contributed by atoms with Crippen molar-refractivity contribution in [2.75, 3.05) is 38.1 Å². The second kappa shape index (κ2) is 8.48. The first-order chi connectivity index (χ1) is 14.1. The maximum Gasteiger partial charge on any atom is 0.263 e. The summed E-state index contributed by atoms with van der Waals surface area (Å²) in [5, 5.41) is 2.99. The number of rotatable bonds is 6. The fraction of sp³-hybridized carbons (Fsp3) is 0.381. The lowest BCUT2D eigenvalue weighted by Crippen LogP contribution is -2.45. The van der Waals surface area contributed by atoms with Gasteiger partial charge in [0.1, 0.15) is 11.6 Å².